The van der Waals surface area contributed by atoms with Crippen molar-refractivity contribution in [3.63, 3.8) is 0 Å². The van der Waals surface area contributed by atoms with Crippen LogP contribution < -0.4 is 5.32 Å². The molecule has 8 heteroatoms. The lowest BCUT2D eigenvalue weighted by Gasteiger charge is -2.72. The molecule has 0 aliphatic heterocycles. The van der Waals surface area contributed by atoms with E-state index in [4.69, 9.17) is 4.74 Å². The Balaban J connectivity index is 1.25. The zero-order valence-electron chi connectivity index (χ0n) is 35.6. The van der Waals surface area contributed by atoms with Crippen molar-refractivity contribution in [3.05, 3.63) is 11.1 Å². The molecule has 0 aromatic carbocycles. The molecule has 6 rings (SSSR count). The van der Waals surface area contributed by atoms with Gasteiger partial charge in [0.25, 0.3) is 0 Å². The van der Waals surface area contributed by atoms with Gasteiger partial charge in [-0.2, -0.15) is 0 Å². The molecule has 0 spiro atoms. The lowest BCUT2D eigenvalue weighted by molar-refractivity contribution is -0.233. The Morgan fingerprint density at radius 1 is 0.907 bits per heavy atom. The summed E-state index contributed by atoms with van der Waals surface area (Å²) in [5, 5.41) is 12.7. The summed E-state index contributed by atoms with van der Waals surface area (Å²) in [5.41, 5.74) is 1.62. The topological polar surface area (TPSA) is 113 Å². The predicted octanol–water partition coefficient (Wildman–Crippen LogP) is 9.01. The maximum Gasteiger partial charge on any atom is 0.309 e. The number of amides is 1. The first-order valence-corrected chi connectivity index (χ1v) is 21.8. The minimum atomic E-state index is -1.15. The molecule has 54 heavy (non-hydrogen) atoms. The number of nitrogens with one attached hydrogen (secondary N) is 1. The SMILES string of the molecule is CC(=O)NCCN(CC[C@@]12CC[C@]3(C)[C@H](CCC4[C@@]5(C)CC[C@H](OC(=O)CC(C)(C)C(=O)O)C(C)(C)C5CC[C@]43C)C1=C(C(C)C)C(=O)C2)CC1CCC1. The van der Waals surface area contributed by atoms with E-state index in [1.807, 2.05) is 0 Å². The van der Waals surface area contributed by atoms with Crippen molar-refractivity contribution in [2.75, 3.05) is 26.2 Å². The van der Waals surface area contributed by atoms with Gasteiger partial charge < -0.3 is 20.1 Å². The zero-order chi connectivity index (χ0) is 39.6. The number of aliphatic carboxylic acids is 1. The molecule has 5 fully saturated rings. The number of rotatable bonds is 13. The number of fused-ring (bicyclic) bond motifs is 7. The van der Waals surface area contributed by atoms with Crippen LogP contribution in [0.5, 0.6) is 0 Å². The van der Waals surface area contributed by atoms with Crippen molar-refractivity contribution in [1.29, 1.82) is 0 Å². The summed E-state index contributed by atoms with van der Waals surface area (Å²) in [4.78, 5) is 53.4. The fourth-order valence-electron chi connectivity index (χ4n) is 14.0. The quantitative estimate of drug-likeness (QED) is 0.181. The first kappa shape index (κ1) is 41.4. The van der Waals surface area contributed by atoms with Crippen molar-refractivity contribution in [2.24, 2.45) is 62.1 Å². The van der Waals surface area contributed by atoms with E-state index >= 15 is 0 Å². The molecule has 0 heterocycles. The summed E-state index contributed by atoms with van der Waals surface area (Å²) < 4.78 is 6.20. The van der Waals surface area contributed by atoms with Gasteiger partial charge in [0.1, 0.15) is 6.10 Å². The number of allylic oxidation sites excluding steroid dienone is 2. The fraction of sp³-hybridized carbons (Fsp3) is 0.870. The lowest BCUT2D eigenvalue weighted by Crippen LogP contribution is -2.65. The highest BCUT2D eigenvalue weighted by molar-refractivity contribution is 6.00. The predicted molar refractivity (Wildman–Crippen MR) is 212 cm³/mol. The molecule has 6 aliphatic rings. The number of carbonyl (C=O) groups is 4. The monoisotopic (exact) mass is 751 g/mol. The van der Waals surface area contributed by atoms with Crippen LogP contribution in [0.15, 0.2) is 11.1 Å². The van der Waals surface area contributed by atoms with E-state index in [2.05, 4.69) is 58.7 Å². The second-order valence-electron chi connectivity index (χ2n) is 21.5. The number of ether oxygens (including phenoxy) is 1. The Hall–Kier alpha value is -2.22. The van der Waals surface area contributed by atoms with Gasteiger partial charge in [0.05, 0.1) is 11.8 Å². The van der Waals surface area contributed by atoms with E-state index in [1.165, 1.54) is 25.7 Å². The summed E-state index contributed by atoms with van der Waals surface area (Å²) >= 11 is 0. The number of hydrogen-bond acceptors (Lipinski definition) is 6. The Bertz CT molecular complexity index is 1530. The Morgan fingerprint density at radius 3 is 2.22 bits per heavy atom. The van der Waals surface area contributed by atoms with Crippen LogP contribution in [0.25, 0.3) is 0 Å². The van der Waals surface area contributed by atoms with Crippen molar-refractivity contribution in [2.45, 2.75) is 165 Å². The number of esters is 1. The van der Waals surface area contributed by atoms with E-state index in [-0.39, 0.29) is 51.4 Å². The van der Waals surface area contributed by atoms with Gasteiger partial charge in [-0.05, 0) is 142 Å². The zero-order valence-corrected chi connectivity index (χ0v) is 35.6. The van der Waals surface area contributed by atoms with Crippen LogP contribution in [0.1, 0.15) is 159 Å². The molecule has 8 atom stereocenters. The molecule has 6 aliphatic carbocycles. The highest BCUT2D eigenvalue weighted by Crippen LogP contribution is 2.77. The number of carbonyl (C=O) groups excluding carboxylic acids is 3. The van der Waals surface area contributed by atoms with Gasteiger partial charge in [0.2, 0.25) is 5.91 Å². The van der Waals surface area contributed by atoms with Crippen molar-refractivity contribution in [1.82, 2.24) is 10.2 Å². The van der Waals surface area contributed by atoms with Gasteiger partial charge in [-0.15, -0.1) is 0 Å². The molecule has 0 aromatic heterocycles. The van der Waals surface area contributed by atoms with Crippen molar-refractivity contribution in [3.8, 4) is 0 Å². The maximum atomic E-state index is 14.2. The maximum absolute atomic E-state index is 14.2. The Labute approximate surface area is 326 Å². The van der Waals surface area contributed by atoms with Crippen LogP contribution in [0, 0.1) is 62.1 Å². The highest BCUT2D eigenvalue weighted by Gasteiger charge is 2.70. The van der Waals surface area contributed by atoms with Crippen LogP contribution in [0.2, 0.25) is 0 Å². The van der Waals surface area contributed by atoms with Crippen molar-refractivity contribution >= 4 is 23.6 Å². The molecule has 0 bridgehead atoms. The molecular weight excluding hydrogens is 677 g/mol. The first-order valence-electron chi connectivity index (χ1n) is 21.8. The third kappa shape index (κ3) is 6.93. The molecule has 2 N–H and O–H groups in total. The summed E-state index contributed by atoms with van der Waals surface area (Å²) in [7, 11) is 0. The average molecular weight is 751 g/mol. The van der Waals surface area contributed by atoms with Crippen LogP contribution in [-0.2, 0) is 23.9 Å². The molecule has 0 radical (unpaired) electrons. The lowest BCUT2D eigenvalue weighted by atomic mass is 9.33. The summed E-state index contributed by atoms with van der Waals surface area (Å²) in [6.45, 7) is 25.3. The molecule has 8 nitrogen and oxygen atoms in total. The standard InChI is InChI=1S/C46H74N2O6/c1-29(2)38-33(50)26-46(22-24-48(25-23-47-30(3)49)28-31-12-11-13-31)21-20-44(9)32(39(38)46)14-15-35-43(8)18-17-36(54-37(51)27-41(4,5)40(52)53)42(6,7)34(43)16-19-45(35,44)10/h29,31-32,34-36H,11-28H2,1-10H3,(H,47,49)(H,52,53)/t32-,34?,35?,36+,43+,44-,45-,46-/m1/s1. The van der Waals surface area contributed by atoms with Crippen molar-refractivity contribution < 1.29 is 29.0 Å². The largest absolute Gasteiger partial charge is 0.481 e. The number of hydrogen-bond donors (Lipinski definition) is 2. The smallest absolute Gasteiger partial charge is 0.309 e. The Kier molecular flexibility index (Phi) is 11.2. The first-order chi connectivity index (χ1) is 25.1. The third-order valence-corrected chi connectivity index (χ3v) is 17.4. The van der Waals surface area contributed by atoms with Crippen LogP contribution in [0.4, 0.5) is 0 Å². The molecule has 0 saturated heterocycles. The van der Waals surface area contributed by atoms with Crippen LogP contribution in [-0.4, -0.2) is 65.9 Å². The summed E-state index contributed by atoms with van der Waals surface area (Å²) in [5.74, 6) is 1.40. The summed E-state index contributed by atoms with van der Waals surface area (Å²) in [6, 6.07) is 0. The van der Waals surface area contributed by atoms with Gasteiger partial charge in [-0.3, -0.25) is 19.2 Å². The normalized spacial score (nSPS) is 37.6. The van der Waals surface area contributed by atoms with Crippen LogP contribution in [0.3, 0.4) is 0 Å². The fourth-order valence-corrected chi connectivity index (χ4v) is 14.0. The number of carboxylic acids is 1. The molecule has 0 aromatic rings. The van der Waals surface area contributed by atoms with E-state index in [1.54, 1.807) is 26.3 Å². The van der Waals surface area contributed by atoms with E-state index < -0.39 is 17.4 Å². The van der Waals surface area contributed by atoms with E-state index in [0.717, 1.165) is 82.5 Å². The second kappa shape index (κ2) is 14.6. The minimum absolute atomic E-state index is 0.0288. The van der Waals surface area contributed by atoms with Gasteiger partial charge in [0.15, 0.2) is 5.78 Å². The van der Waals surface area contributed by atoms with Gasteiger partial charge in [0, 0.05) is 43.8 Å². The molecule has 5 saturated carbocycles. The van der Waals surface area contributed by atoms with Gasteiger partial charge in [-0.1, -0.05) is 60.5 Å². The summed E-state index contributed by atoms with van der Waals surface area (Å²) in [6.07, 6.45) is 13.9. The number of Topliss-reactive ketones (excluding diaryl/α,β-unsaturated/α-hetero) is 1. The number of carboxylic acid groups (broad SMARTS) is 1. The third-order valence-electron chi connectivity index (χ3n) is 17.4. The number of ketones is 1. The molecule has 1 amide bonds. The molecular formula is C46H74N2O6. The van der Waals surface area contributed by atoms with E-state index in [9.17, 15) is 24.3 Å². The average Bonchev–Trinajstić information content (AvgIpc) is 3.34. The highest BCUT2D eigenvalue weighted by atomic mass is 16.5. The second-order valence-corrected chi connectivity index (χ2v) is 21.5. The molecule has 304 valence electrons. The van der Waals surface area contributed by atoms with Crippen LogP contribution >= 0.6 is 0 Å². The number of nitrogens with zero attached hydrogens (tertiary/aromatic N) is 1. The van der Waals surface area contributed by atoms with Gasteiger partial charge in [-0.25, -0.2) is 0 Å². The minimum Gasteiger partial charge on any atom is -0.481 e. The van der Waals surface area contributed by atoms with Gasteiger partial charge >= 0.3 is 11.9 Å². The van der Waals surface area contributed by atoms with E-state index in [0.29, 0.717) is 36.5 Å². The molecule has 2 unspecified atom stereocenters. The Morgan fingerprint density at radius 2 is 1.61 bits per heavy atom.